The summed E-state index contributed by atoms with van der Waals surface area (Å²) in [5, 5.41) is 8.26. The minimum absolute atomic E-state index is 0.164. The molecular formula is C13H13ClFNO4S. The highest BCUT2D eigenvalue weighted by atomic mass is 35.5. The van der Waals surface area contributed by atoms with E-state index in [0.717, 1.165) is 6.07 Å². The number of carboxylic acid groups (broad SMARTS) is 1. The molecule has 1 atom stereocenters. The van der Waals surface area contributed by atoms with Gasteiger partial charge in [0.1, 0.15) is 5.82 Å². The summed E-state index contributed by atoms with van der Waals surface area (Å²) in [5.74, 6) is -0.318. The summed E-state index contributed by atoms with van der Waals surface area (Å²) < 4.78 is 40.1. The molecule has 0 saturated heterocycles. The van der Waals surface area contributed by atoms with Crippen LogP contribution in [0, 0.1) is 18.2 Å². The van der Waals surface area contributed by atoms with Gasteiger partial charge in [0.2, 0.25) is 10.0 Å². The maximum absolute atomic E-state index is 13.6. The Morgan fingerprint density at radius 1 is 1.57 bits per heavy atom. The van der Waals surface area contributed by atoms with Crippen LogP contribution >= 0.6 is 11.6 Å². The molecule has 0 aliphatic rings. The van der Waals surface area contributed by atoms with Crippen molar-refractivity contribution in [2.75, 3.05) is 0 Å². The van der Waals surface area contributed by atoms with E-state index >= 15 is 0 Å². The number of terminal acetylenes is 1. The molecule has 1 unspecified atom stereocenters. The van der Waals surface area contributed by atoms with Gasteiger partial charge in [-0.3, -0.25) is 0 Å². The van der Waals surface area contributed by atoms with Crippen molar-refractivity contribution in [3.63, 3.8) is 0 Å². The summed E-state index contributed by atoms with van der Waals surface area (Å²) in [5.41, 5.74) is -0.623. The summed E-state index contributed by atoms with van der Waals surface area (Å²) in [4.78, 5) is 10.4. The predicted octanol–water partition coefficient (Wildman–Crippen LogP) is 2.26. The topological polar surface area (TPSA) is 83.5 Å². The van der Waals surface area contributed by atoms with Gasteiger partial charge in [-0.1, -0.05) is 18.5 Å². The molecule has 0 bridgehead atoms. The van der Waals surface area contributed by atoms with Crippen LogP contribution in [-0.4, -0.2) is 25.5 Å². The third kappa shape index (κ3) is 4.17. The number of halogens is 2. The third-order valence-electron chi connectivity index (χ3n) is 2.72. The Balaban J connectivity index is 3.26. The van der Waals surface area contributed by atoms with E-state index in [1.165, 1.54) is 0 Å². The maximum Gasteiger partial charge on any atom is 0.337 e. The van der Waals surface area contributed by atoms with E-state index in [0.29, 0.717) is 12.5 Å². The van der Waals surface area contributed by atoms with Gasteiger partial charge in [0.25, 0.3) is 0 Å². The normalized spacial score (nSPS) is 12.7. The van der Waals surface area contributed by atoms with Crippen molar-refractivity contribution >= 4 is 27.6 Å². The zero-order valence-corrected chi connectivity index (χ0v) is 12.6. The van der Waals surface area contributed by atoms with Crippen LogP contribution in [0.2, 0.25) is 5.02 Å². The Morgan fingerprint density at radius 3 is 2.67 bits per heavy atom. The van der Waals surface area contributed by atoms with Gasteiger partial charge >= 0.3 is 5.97 Å². The number of carbonyl (C=O) groups is 1. The fraction of sp³-hybridized carbons (Fsp3) is 0.308. The van der Waals surface area contributed by atoms with E-state index in [2.05, 4.69) is 10.6 Å². The monoisotopic (exact) mass is 333 g/mol. The number of hydrogen-bond acceptors (Lipinski definition) is 3. The first-order chi connectivity index (χ1) is 9.72. The van der Waals surface area contributed by atoms with Gasteiger partial charge in [0, 0.05) is 12.5 Å². The second kappa shape index (κ2) is 6.89. The van der Waals surface area contributed by atoms with Crippen molar-refractivity contribution in [1.82, 2.24) is 4.72 Å². The van der Waals surface area contributed by atoms with Gasteiger partial charge in [-0.15, -0.1) is 12.3 Å². The van der Waals surface area contributed by atoms with E-state index in [9.17, 15) is 17.6 Å². The fourth-order valence-corrected chi connectivity index (χ4v) is 3.12. The zero-order chi connectivity index (χ0) is 16.2. The van der Waals surface area contributed by atoms with Crippen molar-refractivity contribution in [3.8, 4) is 12.3 Å². The SMILES string of the molecule is C#CCC(CC)NS(=O)(=O)c1cc(F)c(Cl)c(C(=O)O)c1. The van der Waals surface area contributed by atoms with Crippen LogP contribution in [0.5, 0.6) is 0 Å². The van der Waals surface area contributed by atoms with E-state index in [-0.39, 0.29) is 6.42 Å². The first-order valence-corrected chi connectivity index (χ1v) is 7.77. The molecule has 21 heavy (non-hydrogen) atoms. The van der Waals surface area contributed by atoms with Gasteiger partial charge in [0.05, 0.1) is 15.5 Å². The number of nitrogens with one attached hydrogen (secondary N) is 1. The first kappa shape index (κ1) is 17.4. The lowest BCUT2D eigenvalue weighted by Gasteiger charge is -2.15. The number of hydrogen-bond donors (Lipinski definition) is 2. The standard InChI is InChI=1S/C13H13ClFNO4S/c1-3-5-8(4-2)16-21(19,20)9-6-10(13(17)18)12(14)11(15)7-9/h1,6-8,16H,4-5H2,2H3,(H,17,18). The van der Waals surface area contributed by atoms with E-state index in [1.807, 2.05) is 0 Å². The fourth-order valence-electron chi connectivity index (χ4n) is 1.57. The van der Waals surface area contributed by atoms with E-state index < -0.39 is 43.3 Å². The zero-order valence-electron chi connectivity index (χ0n) is 11.1. The van der Waals surface area contributed by atoms with Crippen molar-refractivity contribution in [2.45, 2.75) is 30.7 Å². The van der Waals surface area contributed by atoms with Gasteiger partial charge in [-0.05, 0) is 18.6 Å². The molecule has 0 radical (unpaired) electrons. The lowest BCUT2D eigenvalue weighted by Crippen LogP contribution is -2.34. The van der Waals surface area contributed by atoms with E-state index in [1.54, 1.807) is 6.92 Å². The number of carboxylic acids is 1. The Morgan fingerprint density at radius 2 is 2.19 bits per heavy atom. The Hall–Kier alpha value is -1.62. The lowest BCUT2D eigenvalue weighted by molar-refractivity contribution is 0.0696. The molecule has 0 aliphatic heterocycles. The molecule has 1 rings (SSSR count). The summed E-state index contributed by atoms with van der Waals surface area (Å²) in [7, 11) is -4.10. The number of aromatic carboxylic acids is 1. The van der Waals surface area contributed by atoms with Crippen molar-refractivity contribution in [2.24, 2.45) is 0 Å². The Bertz CT molecular complexity index is 697. The molecule has 0 aliphatic carbocycles. The highest BCUT2D eigenvalue weighted by molar-refractivity contribution is 7.89. The van der Waals surface area contributed by atoms with Gasteiger partial charge in [-0.25, -0.2) is 22.3 Å². The third-order valence-corrected chi connectivity index (χ3v) is 4.61. The minimum atomic E-state index is -4.10. The second-order valence-corrected chi connectivity index (χ2v) is 6.30. The molecule has 2 N–H and O–H groups in total. The maximum atomic E-state index is 13.6. The highest BCUT2D eigenvalue weighted by Crippen LogP contribution is 2.24. The van der Waals surface area contributed by atoms with Crippen LogP contribution in [0.3, 0.4) is 0 Å². The largest absolute Gasteiger partial charge is 0.478 e. The molecule has 114 valence electrons. The summed E-state index contributed by atoms with van der Waals surface area (Å²) in [6.07, 6.45) is 5.73. The smallest absolute Gasteiger partial charge is 0.337 e. The number of sulfonamides is 1. The quantitative estimate of drug-likeness (QED) is 0.782. The van der Waals surface area contributed by atoms with Crippen LogP contribution in [0.4, 0.5) is 4.39 Å². The average Bonchev–Trinajstić information content (AvgIpc) is 2.40. The Kier molecular flexibility index (Phi) is 5.72. The summed E-state index contributed by atoms with van der Waals surface area (Å²) in [6.45, 7) is 1.73. The summed E-state index contributed by atoms with van der Waals surface area (Å²) >= 11 is 5.50. The van der Waals surface area contributed by atoms with Crippen molar-refractivity contribution in [1.29, 1.82) is 0 Å². The van der Waals surface area contributed by atoms with E-state index in [4.69, 9.17) is 23.1 Å². The molecule has 8 heteroatoms. The summed E-state index contributed by atoms with van der Waals surface area (Å²) in [6, 6.07) is 0.949. The molecular weight excluding hydrogens is 321 g/mol. The molecule has 0 saturated carbocycles. The minimum Gasteiger partial charge on any atom is -0.478 e. The number of rotatable bonds is 6. The molecule has 0 amide bonds. The lowest BCUT2D eigenvalue weighted by atomic mass is 10.2. The molecule has 1 aromatic carbocycles. The van der Waals surface area contributed by atoms with Crippen LogP contribution in [0.1, 0.15) is 30.1 Å². The Labute approximate surface area is 127 Å². The molecule has 0 fully saturated rings. The second-order valence-electron chi connectivity index (χ2n) is 4.21. The van der Waals surface area contributed by atoms with Gasteiger partial charge in [0.15, 0.2) is 0 Å². The van der Waals surface area contributed by atoms with Crippen LogP contribution < -0.4 is 4.72 Å². The van der Waals surface area contributed by atoms with Gasteiger partial charge in [-0.2, -0.15) is 0 Å². The number of benzene rings is 1. The molecule has 0 spiro atoms. The molecule has 0 aromatic heterocycles. The molecule has 5 nitrogen and oxygen atoms in total. The first-order valence-electron chi connectivity index (χ1n) is 5.91. The van der Waals surface area contributed by atoms with Crippen molar-refractivity contribution in [3.05, 3.63) is 28.5 Å². The average molecular weight is 334 g/mol. The van der Waals surface area contributed by atoms with Crippen LogP contribution in [0.25, 0.3) is 0 Å². The predicted molar refractivity (Wildman–Crippen MR) is 76.2 cm³/mol. The highest BCUT2D eigenvalue weighted by Gasteiger charge is 2.23. The molecule has 0 heterocycles. The van der Waals surface area contributed by atoms with Crippen LogP contribution in [-0.2, 0) is 10.0 Å². The molecule has 1 aromatic rings. The van der Waals surface area contributed by atoms with Crippen molar-refractivity contribution < 1.29 is 22.7 Å². The van der Waals surface area contributed by atoms with Crippen LogP contribution in [0.15, 0.2) is 17.0 Å². The van der Waals surface area contributed by atoms with Gasteiger partial charge < -0.3 is 5.11 Å².